The summed E-state index contributed by atoms with van der Waals surface area (Å²) in [6.45, 7) is 5.17. The molecule has 0 aromatic heterocycles. The van der Waals surface area contributed by atoms with Gasteiger partial charge in [-0.05, 0) is 0 Å². The van der Waals surface area contributed by atoms with Crippen LogP contribution in [0.5, 0.6) is 0 Å². The third-order valence-electron chi connectivity index (χ3n) is 0.681. The summed E-state index contributed by atoms with van der Waals surface area (Å²) >= 11 is 0. The summed E-state index contributed by atoms with van der Waals surface area (Å²) in [4.78, 5) is 10.1. The maximum absolute atomic E-state index is 10.1. The van der Waals surface area contributed by atoms with Gasteiger partial charge in [-0.2, -0.15) is 0 Å². The molecule has 45 valence electrons. The quantitative estimate of drug-likeness (QED) is 0.570. The molecule has 0 fully saturated rings. The minimum absolute atomic E-state index is 0. The summed E-state index contributed by atoms with van der Waals surface area (Å²) in [6, 6.07) is 0. The van der Waals surface area contributed by atoms with Gasteiger partial charge in [0.15, 0.2) is 0 Å². The molecule has 0 atom stereocenters. The number of carbonyl (C=O) groups is 1. The van der Waals surface area contributed by atoms with Crippen LogP contribution in [-0.4, -0.2) is 5.91 Å². The molecule has 2 nitrogen and oxygen atoms in total. The largest absolute Gasteiger partial charge is 0.667 e. The van der Waals surface area contributed by atoms with Crippen LogP contribution in [0.4, 0.5) is 0 Å². The van der Waals surface area contributed by atoms with Crippen molar-refractivity contribution in [2.45, 2.75) is 20.8 Å². The third-order valence-corrected chi connectivity index (χ3v) is 0.681. The molecular weight excluding hydrogens is 179 g/mol. The molecule has 0 spiro atoms. The van der Waals surface area contributed by atoms with Crippen LogP contribution in [0.1, 0.15) is 20.8 Å². The van der Waals surface area contributed by atoms with Crippen LogP contribution in [0, 0.1) is 5.41 Å². The second kappa shape index (κ2) is 3.57. The molecule has 0 unspecified atom stereocenters. The average molecular weight is 189 g/mol. The van der Waals surface area contributed by atoms with Crippen molar-refractivity contribution in [1.82, 2.24) is 0 Å². The van der Waals surface area contributed by atoms with Gasteiger partial charge in [-0.25, -0.2) is 0 Å². The van der Waals surface area contributed by atoms with E-state index in [1.54, 1.807) is 20.8 Å². The molecule has 1 radical (unpaired) electrons. The Labute approximate surface area is 75.1 Å². The van der Waals surface area contributed by atoms with Gasteiger partial charge in [0.2, 0.25) is 0 Å². The van der Waals surface area contributed by atoms with E-state index >= 15 is 0 Å². The predicted octanol–water partition coefficient (Wildman–Crippen LogP) is 1.61. The van der Waals surface area contributed by atoms with Crippen molar-refractivity contribution in [3.63, 3.8) is 0 Å². The number of amides is 1. The van der Waals surface area contributed by atoms with E-state index in [9.17, 15) is 4.79 Å². The van der Waals surface area contributed by atoms with E-state index in [4.69, 9.17) is 5.73 Å². The van der Waals surface area contributed by atoms with Gasteiger partial charge in [-0.3, -0.25) is 0 Å². The van der Waals surface area contributed by atoms with Gasteiger partial charge in [0, 0.05) is 38.1 Å². The molecule has 0 heterocycles. The number of nitrogens with one attached hydrogen (secondary N) is 1. The second-order valence-electron chi connectivity index (χ2n) is 2.58. The Morgan fingerprint density at radius 2 is 1.50 bits per heavy atom. The molecule has 0 bridgehead atoms. The molecule has 0 aromatic carbocycles. The SMILES string of the molecule is CC(C)(C)C([NH-])=O.[Y]. The molecular formula is C5H10NOY-. The predicted molar refractivity (Wildman–Crippen MR) is 28.8 cm³/mol. The number of rotatable bonds is 0. The maximum Gasteiger partial charge on any atom is 0.0542 e. The van der Waals surface area contributed by atoms with E-state index in [2.05, 4.69) is 0 Å². The van der Waals surface area contributed by atoms with Gasteiger partial charge < -0.3 is 10.5 Å². The van der Waals surface area contributed by atoms with Gasteiger partial charge >= 0.3 is 0 Å². The Morgan fingerprint density at radius 3 is 1.50 bits per heavy atom. The Hall–Kier alpha value is 0.574. The normalized spacial score (nSPS) is 9.88. The van der Waals surface area contributed by atoms with Crippen molar-refractivity contribution >= 4 is 5.91 Å². The second-order valence-corrected chi connectivity index (χ2v) is 2.58. The zero-order chi connectivity index (χ0) is 6.08. The molecule has 1 N–H and O–H groups in total. The van der Waals surface area contributed by atoms with E-state index in [0.29, 0.717) is 0 Å². The molecule has 0 saturated carbocycles. The van der Waals surface area contributed by atoms with Gasteiger partial charge in [-0.15, -0.1) is 0 Å². The first-order chi connectivity index (χ1) is 2.94. The fourth-order valence-corrected chi connectivity index (χ4v) is 0. The zero-order valence-corrected chi connectivity index (χ0v) is 8.32. The number of hydrogen-bond acceptors (Lipinski definition) is 1. The van der Waals surface area contributed by atoms with E-state index in [-0.39, 0.29) is 32.7 Å². The van der Waals surface area contributed by atoms with Crippen LogP contribution < -0.4 is 0 Å². The van der Waals surface area contributed by atoms with Gasteiger partial charge in [0.1, 0.15) is 0 Å². The Kier molecular flexibility index (Phi) is 5.08. The topological polar surface area (TPSA) is 40.9 Å². The number of hydrogen-bond donors (Lipinski definition) is 0. The van der Waals surface area contributed by atoms with Crippen LogP contribution in [0.2, 0.25) is 0 Å². The van der Waals surface area contributed by atoms with Crippen molar-refractivity contribution in [3.8, 4) is 0 Å². The third kappa shape index (κ3) is 4.73. The van der Waals surface area contributed by atoms with Crippen molar-refractivity contribution < 1.29 is 37.5 Å². The van der Waals surface area contributed by atoms with E-state index < -0.39 is 11.3 Å². The van der Waals surface area contributed by atoms with E-state index in [1.807, 2.05) is 0 Å². The molecule has 0 aliphatic carbocycles. The van der Waals surface area contributed by atoms with Gasteiger partial charge in [0.25, 0.3) is 0 Å². The summed E-state index contributed by atoms with van der Waals surface area (Å²) in [5, 5.41) is 0. The van der Waals surface area contributed by atoms with Crippen molar-refractivity contribution in [1.29, 1.82) is 0 Å². The van der Waals surface area contributed by atoms with Crippen LogP contribution in [0.25, 0.3) is 5.73 Å². The molecule has 3 heteroatoms. The molecule has 8 heavy (non-hydrogen) atoms. The zero-order valence-electron chi connectivity index (χ0n) is 5.49. The van der Waals surface area contributed by atoms with Crippen molar-refractivity contribution in [3.05, 3.63) is 5.73 Å². The van der Waals surface area contributed by atoms with Crippen LogP contribution in [0.15, 0.2) is 0 Å². The van der Waals surface area contributed by atoms with Crippen molar-refractivity contribution in [2.24, 2.45) is 5.41 Å². The summed E-state index contributed by atoms with van der Waals surface area (Å²) < 4.78 is 0. The minimum Gasteiger partial charge on any atom is -0.667 e. The smallest absolute Gasteiger partial charge is 0.0542 e. The minimum atomic E-state index is -0.507. The summed E-state index contributed by atoms with van der Waals surface area (Å²) in [7, 11) is 0. The summed E-state index contributed by atoms with van der Waals surface area (Å²) in [5.41, 5.74) is 6.12. The molecule has 0 aromatic rings. The Morgan fingerprint density at radius 1 is 1.38 bits per heavy atom. The molecule has 0 rings (SSSR count). The molecule has 0 aliphatic rings. The fraction of sp³-hybridized carbons (Fsp3) is 0.800. The summed E-state index contributed by atoms with van der Waals surface area (Å²) in [6.07, 6.45) is 0. The summed E-state index contributed by atoms with van der Waals surface area (Å²) in [5.74, 6) is -0.507. The van der Waals surface area contributed by atoms with Gasteiger partial charge in [-0.1, -0.05) is 20.8 Å². The fourth-order valence-electron chi connectivity index (χ4n) is 0. The molecule has 0 aliphatic heterocycles. The van der Waals surface area contributed by atoms with Crippen LogP contribution in [-0.2, 0) is 37.5 Å². The number of carbonyl (C=O) groups excluding carboxylic acids is 1. The Balaban J connectivity index is 0. The van der Waals surface area contributed by atoms with E-state index in [0.717, 1.165) is 0 Å². The molecule has 1 amide bonds. The van der Waals surface area contributed by atoms with Crippen LogP contribution in [0.3, 0.4) is 0 Å². The standard InChI is InChI=1S/C5H11NO.Y/c1-5(2,3)4(6)7;/h1-3H3,(H2,6,7);/p-1. The first-order valence-corrected chi connectivity index (χ1v) is 2.20. The van der Waals surface area contributed by atoms with Gasteiger partial charge in [0.05, 0.1) is 5.91 Å². The first kappa shape index (κ1) is 11.4. The first-order valence-electron chi connectivity index (χ1n) is 2.20. The van der Waals surface area contributed by atoms with Crippen molar-refractivity contribution in [2.75, 3.05) is 0 Å². The van der Waals surface area contributed by atoms with E-state index in [1.165, 1.54) is 0 Å². The monoisotopic (exact) mass is 189 g/mol. The Bertz CT molecular complexity index is 84.9. The maximum atomic E-state index is 10.1. The molecule has 0 saturated heterocycles. The average Bonchev–Trinajstić information content (AvgIpc) is 1.31. The van der Waals surface area contributed by atoms with Crippen LogP contribution >= 0.6 is 0 Å².